The van der Waals surface area contributed by atoms with E-state index in [1.807, 2.05) is 0 Å². The van der Waals surface area contributed by atoms with Gasteiger partial charge in [0, 0.05) is 18.2 Å². The van der Waals surface area contributed by atoms with Gasteiger partial charge in [-0.1, -0.05) is 0 Å². The maximum atomic E-state index is 12.6. The van der Waals surface area contributed by atoms with E-state index in [1.54, 1.807) is 6.20 Å². The number of halogens is 3. The Balaban J connectivity index is 1.36. The van der Waals surface area contributed by atoms with Crippen molar-refractivity contribution in [1.29, 1.82) is 0 Å². The molecule has 5 nitrogen and oxygen atoms in total. The molecule has 2 heterocycles. The topological polar surface area (TPSA) is 58.4 Å². The maximum Gasteiger partial charge on any atom is 0.416 e. The zero-order chi connectivity index (χ0) is 18.3. The van der Waals surface area contributed by atoms with Crippen molar-refractivity contribution in [1.82, 2.24) is 10.3 Å². The van der Waals surface area contributed by atoms with Gasteiger partial charge in [-0.25, -0.2) is 4.98 Å². The van der Waals surface area contributed by atoms with Crippen LogP contribution in [0.5, 0.6) is 0 Å². The van der Waals surface area contributed by atoms with Gasteiger partial charge in [0.2, 0.25) is 5.91 Å². The number of nitrogens with one attached hydrogen (secondary N) is 1. The number of anilines is 1. The molecule has 1 aromatic carbocycles. The zero-order valence-corrected chi connectivity index (χ0v) is 13.9. The van der Waals surface area contributed by atoms with Crippen LogP contribution in [-0.2, 0) is 17.5 Å². The average molecular weight is 365 g/mol. The lowest BCUT2D eigenvalue weighted by Gasteiger charge is -2.18. The second-order valence-corrected chi connectivity index (χ2v) is 6.70. The molecule has 2 aromatic rings. The zero-order valence-electron chi connectivity index (χ0n) is 13.9. The first-order chi connectivity index (χ1) is 12.4. The van der Waals surface area contributed by atoms with Crippen molar-refractivity contribution in [3.63, 3.8) is 0 Å². The Labute approximate surface area is 148 Å². The van der Waals surface area contributed by atoms with E-state index in [4.69, 9.17) is 4.42 Å². The lowest BCUT2D eigenvalue weighted by atomic mass is 10.2. The number of carbonyl (C=O) groups excluding carboxylic acids is 1. The molecule has 1 aliphatic carbocycles. The Morgan fingerprint density at radius 3 is 2.58 bits per heavy atom. The third kappa shape index (κ3) is 3.46. The minimum Gasteiger partial charge on any atom is -0.444 e. The van der Waals surface area contributed by atoms with E-state index in [0.717, 1.165) is 30.9 Å². The Bertz CT molecular complexity index is 797. The van der Waals surface area contributed by atoms with E-state index in [1.165, 1.54) is 17.0 Å². The molecule has 4 rings (SSSR count). The number of carbonyl (C=O) groups is 1. The van der Waals surface area contributed by atoms with Gasteiger partial charge >= 0.3 is 6.18 Å². The van der Waals surface area contributed by atoms with E-state index in [9.17, 15) is 18.0 Å². The second-order valence-electron chi connectivity index (χ2n) is 6.70. The van der Waals surface area contributed by atoms with Crippen LogP contribution in [0.1, 0.15) is 42.4 Å². The first kappa shape index (κ1) is 17.1. The highest BCUT2D eigenvalue weighted by atomic mass is 19.4. The summed E-state index contributed by atoms with van der Waals surface area (Å²) in [5.41, 5.74) is -0.248. The smallest absolute Gasteiger partial charge is 0.416 e. The van der Waals surface area contributed by atoms with Gasteiger partial charge in [0.05, 0.1) is 24.3 Å². The molecule has 1 aromatic heterocycles. The van der Waals surface area contributed by atoms with Crippen molar-refractivity contribution >= 4 is 11.6 Å². The van der Waals surface area contributed by atoms with E-state index >= 15 is 0 Å². The van der Waals surface area contributed by atoms with Gasteiger partial charge in [-0.15, -0.1) is 0 Å². The van der Waals surface area contributed by atoms with E-state index in [2.05, 4.69) is 10.3 Å². The van der Waals surface area contributed by atoms with Crippen molar-refractivity contribution in [2.75, 3.05) is 11.4 Å². The highest BCUT2D eigenvalue weighted by Crippen LogP contribution is 2.39. The number of aromatic nitrogens is 1. The summed E-state index contributed by atoms with van der Waals surface area (Å²) in [6.45, 7) is 0.864. The van der Waals surface area contributed by atoms with Crippen molar-refractivity contribution in [2.24, 2.45) is 0 Å². The predicted molar refractivity (Wildman–Crippen MR) is 87.5 cm³/mol. The van der Waals surface area contributed by atoms with E-state index in [0.29, 0.717) is 36.9 Å². The minimum absolute atomic E-state index is 0.147. The summed E-state index contributed by atoms with van der Waals surface area (Å²) in [6.07, 6.45) is 0.0956. The summed E-state index contributed by atoms with van der Waals surface area (Å²) in [6, 6.07) is 4.28. The monoisotopic (exact) mass is 365 g/mol. The molecule has 1 saturated heterocycles. The fourth-order valence-electron chi connectivity index (χ4n) is 3.10. The predicted octanol–water partition coefficient (Wildman–Crippen LogP) is 3.47. The van der Waals surface area contributed by atoms with Crippen LogP contribution in [-0.4, -0.2) is 23.5 Å². The maximum absolute atomic E-state index is 12.6. The number of nitrogens with zero attached hydrogens (tertiary/aromatic N) is 2. The highest BCUT2D eigenvalue weighted by Gasteiger charge is 2.34. The molecule has 0 bridgehead atoms. The molecule has 8 heteroatoms. The van der Waals surface area contributed by atoms with Crippen LogP contribution >= 0.6 is 0 Å². The van der Waals surface area contributed by atoms with Crippen molar-refractivity contribution in [3.8, 4) is 0 Å². The lowest BCUT2D eigenvalue weighted by molar-refractivity contribution is -0.137. The fourth-order valence-corrected chi connectivity index (χ4v) is 3.10. The number of amides is 1. The molecule has 1 atom stereocenters. The van der Waals surface area contributed by atoms with Crippen LogP contribution in [0, 0.1) is 0 Å². The van der Waals surface area contributed by atoms with Crippen LogP contribution in [0.4, 0.5) is 18.9 Å². The first-order valence-corrected chi connectivity index (χ1v) is 8.58. The van der Waals surface area contributed by atoms with Crippen molar-refractivity contribution < 1.29 is 22.4 Å². The van der Waals surface area contributed by atoms with Gasteiger partial charge in [-0.2, -0.15) is 13.2 Å². The summed E-state index contributed by atoms with van der Waals surface area (Å²) < 4.78 is 43.6. The number of benzene rings is 1. The summed E-state index contributed by atoms with van der Waals surface area (Å²) >= 11 is 0. The molecule has 1 saturated carbocycles. The van der Waals surface area contributed by atoms with Crippen LogP contribution < -0.4 is 10.2 Å². The lowest BCUT2D eigenvalue weighted by Crippen LogP contribution is -2.37. The third-order valence-electron chi connectivity index (χ3n) is 4.73. The van der Waals surface area contributed by atoms with Gasteiger partial charge in [-0.05, 0) is 43.5 Å². The molecule has 1 amide bonds. The van der Waals surface area contributed by atoms with Gasteiger partial charge in [-0.3, -0.25) is 10.1 Å². The summed E-state index contributed by atoms with van der Waals surface area (Å²) in [5, 5.41) is 3.15. The first-order valence-electron chi connectivity index (χ1n) is 8.58. The molecule has 1 aliphatic heterocycles. The Morgan fingerprint density at radius 1 is 1.19 bits per heavy atom. The van der Waals surface area contributed by atoms with Gasteiger partial charge in [0.25, 0.3) is 0 Å². The summed E-state index contributed by atoms with van der Waals surface area (Å²) in [7, 11) is 0. The molecule has 26 heavy (non-hydrogen) atoms. The molecule has 1 N–H and O–H groups in total. The minimum atomic E-state index is -4.38. The molecule has 1 unspecified atom stereocenters. The van der Waals surface area contributed by atoms with Crippen LogP contribution in [0.15, 0.2) is 34.9 Å². The number of hydrogen-bond donors (Lipinski definition) is 1. The summed E-state index contributed by atoms with van der Waals surface area (Å²) in [5.74, 6) is 1.73. The molecule has 0 spiro atoms. The largest absolute Gasteiger partial charge is 0.444 e. The van der Waals surface area contributed by atoms with E-state index < -0.39 is 11.7 Å². The third-order valence-corrected chi connectivity index (χ3v) is 4.73. The molecule has 2 fully saturated rings. The normalized spacial score (nSPS) is 20.8. The quantitative estimate of drug-likeness (QED) is 0.882. The molecule has 138 valence electrons. The van der Waals surface area contributed by atoms with Gasteiger partial charge in [0.15, 0.2) is 5.89 Å². The van der Waals surface area contributed by atoms with Crippen LogP contribution in [0.3, 0.4) is 0 Å². The molecular weight excluding hydrogens is 347 g/mol. The second kappa shape index (κ2) is 6.42. The Kier molecular flexibility index (Phi) is 4.22. The Hall–Kier alpha value is -2.35. The SMILES string of the molecule is O=C1C(NCc2cnc(C3CC3)o2)CCN1c1ccc(C(F)(F)F)cc1. The molecular formula is C18H18F3N3O2. The van der Waals surface area contributed by atoms with Crippen LogP contribution in [0.2, 0.25) is 0 Å². The van der Waals surface area contributed by atoms with Crippen LogP contribution in [0.25, 0.3) is 0 Å². The van der Waals surface area contributed by atoms with Gasteiger partial charge in [0.1, 0.15) is 5.76 Å². The average Bonchev–Trinajstić information content (AvgIpc) is 3.24. The summed E-state index contributed by atoms with van der Waals surface area (Å²) in [4.78, 5) is 18.3. The number of hydrogen-bond acceptors (Lipinski definition) is 4. The Morgan fingerprint density at radius 2 is 1.92 bits per heavy atom. The molecule has 0 radical (unpaired) electrons. The fraction of sp³-hybridized carbons (Fsp3) is 0.444. The molecule has 2 aliphatic rings. The van der Waals surface area contributed by atoms with Gasteiger partial charge < -0.3 is 9.32 Å². The van der Waals surface area contributed by atoms with Crippen molar-refractivity contribution in [2.45, 2.75) is 43.9 Å². The van der Waals surface area contributed by atoms with Crippen molar-refractivity contribution in [3.05, 3.63) is 47.7 Å². The number of oxazole rings is 1. The highest BCUT2D eigenvalue weighted by molar-refractivity contribution is 5.99. The number of alkyl halides is 3. The van der Waals surface area contributed by atoms with E-state index in [-0.39, 0.29) is 11.9 Å². The standard InChI is InChI=1S/C18H18F3N3O2/c19-18(20,21)12-3-5-13(6-4-12)24-8-7-15(17(24)25)22-9-14-10-23-16(26-14)11-1-2-11/h3-6,10-11,15,22H,1-2,7-9H2. The number of rotatable bonds is 5.